The molecular formula is C18H21ClN4O3. The van der Waals surface area contributed by atoms with Crippen molar-refractivity contribution in [3.63, 3.8) is 0 Å². The van der Waals surface area contributed by atoms with Crippen molar-refractivity contribution in [2.75, 3.05) is 37.7 Å². The van der Waals surface area contributed by atoms with E-state index in [1.807, 2.05) is 29.2 Å². The minimum atomic E-state index is -0.544. The van der Waals surface area contributed by atoms with Crippen molar-refractivity contribution in [2.24, 2.45) is 0 Å². The zero-order valence-electron chi connectivity index (χ0n) is 14.8. The SMILES string of the molecule is CCOC(=O)c1nc2ccccc2nc1N1CCN(C(=O)[C@H](C)Cl)CC1. The number of rotatable bonds is 4. The van der Waals surface area contributed by atoms with Gasteiger partial charge in [-0.15, -0.1) is 11.6 Å². The molecule has 1 amide bonds. The minimum absolute atomic E-state index is 0.0819. The molecule has 0 bridgehead atoms. The highest BCUT2D eigenvalue weighted by Gasteiger charge is 2.28. The number of esters is 1. The smallest absolute Gasteiger partial charge is 0.360 e. The van der Waals surface area contributed by atoms with E-state index >= 15 is 0 Å². The molecule has 1 aromatic carbocycles. The molecule has 0 saturated carbocycles. The maximum Gasteiger partial charge on any atom is 0.360 e. The number of amides is 1. The van der Waals surface area contributed by atoms with E-state index in [2.05, 4.69) is 9.97 Å². The fourth-order valence-electron chi connectivity index (χ4n) is 2.94. The number of aromatic nitrogens is 2. The van der Waals surface area contributed by atoms with Gasteiger partial charge in [0, 0.05) is 26.2 Å². The number of hydrogen-bond donors (Lipinski definition) is 0. The summed E-state index contributed by atoms with van der Waals surface area (Å²) in [5, 5.41) is -0.544. The summed E-state index contributed by atoms with van der Waals surface area (Å²) in [6, 6.07) is 7.40. The molecule has 1 aliphatic rings. The molecule has 0 aliphatic carbocycles. The van der Waals surface area contributed by atoms with Gasteiger partial charge < -0.3 is 14.5 Å². The molecule has 3 rings (SSSR count). The average molecular weight is 377 g/mol. The van der Waals surface area contributed by atoms with Gasteiger partial charge in [0.1, 0.15) is 5.38 Å². The number of halogens is 1. The van der Waals surface area contributed by atoms with Gasteiger partial charge in [-0.25, -0.2) is 14.8 Å². The Morgan fingerprint density at radius 3 is 2.35 bits per heavy atom. The number of benzene rings is 1. The van der Waals surface area contributed by atoms with Gasteiger partial charge in [-0.2, -0.15) is 0 Å². The predicted molar refractivity (Wildman–Crippen MR) is 99.6 cm³/mol. The summed E-state index contributed by atoms with van der Waals surface area (Å²) in [5.74, 6) is -0.0802. The van der Waals surface area contributed by atoms with Crippen LogP contribution in [0.3, 0.4) is 0 Å². The van der Waals surface area contributed by atoms with Crippen LogP contribution in [0.15, 0.2) is 24.3 Å². The summed E-state index contributed by atoms with van der Waals surface area (Å²) in [6.45, 7) is 5.83. The van der Waals surface area contributed by atoms with Gasteiger partial charge >= 0.3 is 5.97 Å². The first-order valence-corrected chi connectivity index (χ1v) is 9.06. The summed E-state index contributed by atoms with van der Waals surface area (Å²) >= 11 is 5.89. The Bertz CT molecular complexity index is 819. The fourth-order valence-corrected chi connectivity index (χ4v) is 3.08. The molecule has 1 aliphatic heterocycles. The van der Waals surface area contributed by atoms with Crippen molar-refractivity contribution in [3.05, 3.63) is 30.0 Å². The van der Waals surface area contributed by atoms with E-state index in [9.17, 15) is 9.59 Å². The maximum absolute atomic E-state index is 12.4. The first-order chi connectivity index (χ1) is 12.5. The van der Waals surface area contributed by atoms with Crippen LogP contribution < -0.4 is 4.90 Å². The zero-order chi connectivity index (χ0) is 18.7. The number of carbonyl (C=O) groups excluding carboxylic acids is 2. The molecule has 8 heteroatoms. The minimum Gasteiger partial charge on any atom is -0.461 e. The molecule has 1 fully saturated rings. The van der Waals surface area contributed by atoms with Gasteiger partial charge in [-0.1, -0.05) is 12.1 Å². The Kier molecular flexibility index (Phi) is 5.56. The molecule has 2 heterocycles. The lowest BCUT2D eigenvalue weighted by Gasteiger charge is -2.36. The molecule has 26 heavy (non-hydrogen) atoms. The Balaban J connectivity index is 1.90. The van der Waals surface area contributed by atoms with Crippen LogP contribution >= 0.6 is 11.6 Å². The molecule has 0 N–H and O–H groups in total. The van der Waals surface area contributed by atoms with E-state index < -0.39 is 11.3 Å². The topological polar surface area (TPSA) is 75.6 Å². The number of piperazine rings is 1. The third-order valence-corrected chi connectivity index (χ3v) is 4.44. The first-order valence-electron chi connectivity index (χ1n) is 8.63. The van der Waals surface area contributed by atoms with Crippen LogP contribution in [0.2, 0.25) is 0 Å². The molecule has 1 aromatic heterocycles. The van der Waals surface area contributed by atoms with Gasteiger partial charge in [0.15, 0.2) is 11.5 Å². The van der Waals surface area contributed by atoms with Crippen LogP contribution in [0.1, 0.15) is 24.3 Å². The Hall–Kier alpha value is -2.41. The third-order valence-electron chi connectivity index (χ3n) is 4.25. The molecule has 2 aromatic rings. The average Bonchev–Trinajstić information content (AvgIpc) is 2.66. The Morgan fingerprint density at radius 2 is 1.77 bits per heavy atom. The van der Waals surface area contributed by atoms with Gasteiger partial charge in [0.05, 0.1) is 17.6 Å². The summed E-state index contributed by atoms with van der Waals surface area (Å²) in [7, 11) is 0. The highest BCUT2D eigenvalue weighted by Crippen LogP contribution is 2.23. The van der Waals surface area contributed by atoms with Crippen molar-refractivity contribution in [1.29, 1.82) is 0 Å². The number of carbonyl (C=O) groups is 2. The van der Waals surface area contributed by atoms with Crippen molar-refractivity contribution in [2.45, 2.75) is 19.2 Å². The lowest BCUT2D eigenvalue weighted by atomic mass is 10.2. The number of fused-ring (bicyclic) bond motifs is 1. The van der Waals surface area contributed by atoms with E-state index in [-0.39, 0.29) is 18.2 Å². The van der Waals surface area contributed by atoms with Crippen molar-refractivity contribution >= 4 is 40.3 Å². The van der Waals surface area contributed by atoms with E-state index in [0.717, 1.165) is 0 Å². The second-order valence-electron chi connectivity index (χ2n) is 6.03. The number of para-hydroxylation sites is 2. The van der Waals surface area contributed by atoms with Gasteiger partial charge in [0.25, 0.3) is 0 Å². The van der Waals surface area contributed by atoms with Gasteiger partial charge in [0.2, 0.25) is 5.91 Å². The predicted octanol–water partition coefficient (Wildman–Crippen LogP) is 2.08. The second-order valence-corrected chi connectivity index (χ2v) is 6.69. The van der Waals surface area contributed by atoms with Gasteiger partial charge in [-0.3, -0.25) is 4.79 Å². The highest BCUT2D eigenvalue weighted by molar-refractivity contribution is 6.30. The number of anilines is 1. The largest absolute Gasteiger partial charge is 0.461 e. The van der Waals surface area contributed by atoms with E-state index in [4.69, 9.17) is 16.3 Å². The summed E-state index contributed by atoms with van der Waals surface area (Å²) in [4.78, 5) is 37.2. The number of hydrogen-bond acceptors (Lipinski definition) is 6. The van der Waals surface area contributed by atoms with E-state index in [1.54, 1.807) is 18.7 Å². The van der Waals surface area contributed by atoms with Crippen molar-refractivity contribution in [1.82, 2.24) is 14.9 Å². The van der Waals surface area contributed by atoms with Crippen LogP contribution in [-0.4, -0.2) is 64.9 Å². The normalized spacial score (nSPS) is 15.8. The highest BCUT2D eigenvalue weighted by atomic mass is 35.5. The van der Waals surface area contributed by atoms with Crippen LogP contribution in [-0.2, 0) is 9.53 Å². The Morgan fingerprint density at radius 1 is 1.15 bits per heavy atom. The van der Waals surface area contributed by atoms with Gasteiger partial charge in [-0.05, 0) is 26.0 Å². The lowest BCUT2D eigenvalue weighted by Crippen LogP contribution is -2.51. The molecule has 0 unspecified atom stereocenters. The fraction of sp³-hybridized carbons (Fsp3) is 0.444. The van der Waals surface area contributed by atoms with Crippen LogP contribution in [0.4, 0.5) is 5.82 Å². The number of alkyl halides is 1. The van der Waals surface area contributed by atoms with E-state index in [0.29, 0.717) is 43.0 Å². The third kappa shape index (κ3) is 3.72. The summed E-state index contributed by atoms with van der Waals surface area (Å²) in [6.07, 6.45) is 0. The molecule has 0 radical (unpaired) electrons. The van der Waals surface area contributed by atoms with Crippen LogP contribution in [0.25, 0.3) is 11.0 Å². The number of ether oxygens (including phenoxy) is 1. The van der Waals surface area contributed by atoms with Crippen LogP contribution in [0, 0.1) is 0 Å². The zero-order valence-corrected chi connectivity index (χ0v) is 15.6. The monoisotopic (exact) mass is 376 g/mol. The molecular weight excluding hydrogens is 356 g/mol. The second kappa shape index (κ2) is 7.86. The van der Waals surface area contributed by atoms with E-state index in [1.165, 1.54) is 0 Å². The molecule has 1 atom stereocenters. The van der Waals surface area contributed by atoms with Crippen molar-refractivity contribution in [3.8, 4) is 0 Å². The quantitative estimate of drug-likeness (QED) is 0.600. The maximum atomic E-state index is 12.4. The van der Waals surface area contributed by atoms with Crippen LogP contribution in [0.5, 0.6) is 0 Å². The van der Waals surface area contributed by atoms with Crippen molar-refractivity contribution < 1.29 is 14.3 Å². The standard InChI is InChI=1S/C18H21ClN4O3/c1-3-26-18(25)15-16(21-14-7-5-4-6-13(14)20-15)22-8-10-23(11-9-22)17(24)12(2)19/h4-7,12H,3,8-11H2,1-2H3/t12-/m0/s1. The first kappa shape index (κ1) is 18.4. The number of nitrogens with zero attached hydrogens (tertiary/aromatic N) is 4. The summed E-state index contributed by atoms with van der Waals surface area (Å²) < 4.78 is 5.15. The summed E-state index contributed by atoms with van der Waals surface area (Å²) in [5.41, 5.74) is 1.56. The molecule has 138 valence electrons. The molecule has 0 spiro atoms. The lowest BCUT2D eigenvalue weighted by molar-refractivity contribution is -0.130. The molecule has 1 saturated heterocycles. The molecule has 7 nitrogen and oxygen atoms in total. The Labute approximate surface area is 156 Å².